The lowest BCUT2D eigenvalue weighted by molar-refractivity contribution is -0.120. The molecule has 3 aromatic rings. The Morgan fingerprint density at radius 3 is 2.30 bits per heavy atom. The molecule has 0 aliphatic carbocycles. The Morgan fingerprint density at radius 2 is 1.63 bits per heavy atom. The third-order valence-corrected chi connectivity index (χ3v) is 5.73. The highest BCUT2D eigenvalue weighted by atomic mass is 32.2. The van der Waals surface area contributed by atoms with Gasteiger partial charge in [-0.2, -0.15) is 0 Å². The molecular weight excluding hydrogens is 404 g/mol. The molecule has 0 atom stereocenters. The fourth-order valence-electron chi connectivity index (χ4n) is 2.64. The molecule has 8 heteroatoms. The molecule has 30 heavy (non-hydrogen) atoms. The predicted molar refractivity (Wildman–Crippen MR) is 116 cm³/mol. The number of sulfonamides is 1. The average molecular weight is 426 g/mol. The van der Waals surface area contributed by atoms with Crippen LogP contribution < -0.4 is 19.1 Å². The molecular formula is C22H22N2O5S. The van der Waals surface area contributed by atoms with E-state index in [-0.39, 0.29) is 17.4 Å². The van der Waals surface area contributed by atoms with Crippen molar-refractivity contribution in [3.8, 4) is 11.5 Å². The maximum absolute atomic E-state index is 12.5. The zero-order chi connectivity index (χ0) is 21.6. The molecule has 0 radical (unpaired) electrons. The summed E-state index contributed by atoms with van der Waals surface area (Å²) in [6, 6.07) is 21.6. The van der Waals surface area contributed by atoms with Crippen molar-refractivity contribution in [2.45, 2.75) is 4.90 Å². The second kappa shape index (κ2) is 9.32. The Kier molecular flexibility index (Phi) is 6.58. The fourth-order valence-corrected chi connectivity index (χ4v) is 3.70. The minimum Gasteiger partial charge on any atom is -0.497 e. The van der Waals surface area contributed by atoms with Gasteiger partial charge in [-0.25, -0.2) is 8.42 Å². The number of nitrogens with one attached hydrogen (secondary N) is 1. The molecule has 7 nitrogen and oxygen atoms in total. The van der Waals surface area contributed by atoms with Gasteiger partial charge < -0.3 is 14.4 Å². The molecule has 3 aromatic carbocycles. The minimum absolute atomic E-state index is 0.0959. The van der Waals surface area contributed by atoms with Crippen molar-refractivity contribution >= 4 is 27.3 Å². The van der Waals surface area contributed by atoms with Crippen molar-refractivity contribution < 1.29 is 22.7 Å². The van der Waals surface area contributed by atoms with Crippen LogP contribution in [0.5, 0.6) is 11.5 Å². The van der Waals surface area contributed by atoms with Gasteiger partial charge in [0.15, 0.2) is 6.61 Å². The van der Waals surface area contributed by atoms with Crippen LogP contribution >= 0.6 is 0 Å². The van der Waals surface area contributed by atoms with Crippen LogP contribution in [-0.2, 0) is 14.8 Å². The summed E-state index contributed by atoms with van der Waals surface area (Å²) in [5.41, 5.74) is 1.15. The van der Waals surface area contributed by atoms with Crippen LogP contribution in [0.3, 0.4) is 0 Å². The second-order valence-corrected chi connectivity index (χ2v) is 8.07. The molecule has 1 amide bonds. The number of hydrogen-bond donors (Lipinski definition) is 1. The highest BCUT2D eigenvalue weighted by Gasteiger charge is 2.15. The van der Waals surface area contributed by atoms with E-state index in [0.29, 0.717) is 22.9 Å². The van der Waals surface area contributed by atoms with Gasteiger partial charge in [0.05, 0.1) is 12.0 Å². The molecule has 0 saturated heterocycles. The Labute approximate surface area is 175 Å². The van der Waals surface area contributed by atoms with E-state index < -0.39 is 10.0 Å². The molecule has 0 heterocycles. The van der Waals surface area contributed by atoms with E-state index >= 15 is 0 Å². The predicted octanol–water partition coefficient (Wildman–Crippen LogP) is 3.54. The first kappa shape index (κ1) is 21.2. The lowest BCUT2D eigenvalue weighted by Crippen LogP contribution is -2.31. The van der Waals surface area contributed by atoms with Crippen LogP contribution in [0.1, 0.15) is 0 Å². The summed E-state index contributed by atoms with van der Waals surface area (Å²) < 4.78 is 38.1. The van der Waals surface area contributed by atoms with Gasteiger partial charge in [-0.05, 0) is 48.5 Å². The Balaban J connectivity index is 1.60. The number of carbonyl (C=O) groups excluding carboxylic acids is 1. The minimum atomic E-state index is -3.71. The van der Waals surface area contributed by atoms with E-state index in [4.69, 9.17) is 9.47 Å². The van der Waals surface area contributed by atoms with Crippen molar-refractivity contribution in [2.24, 2.45) is 0 Å². The van der Waals surface area contributed by atoms with E-state index in [0.717, 1.165) is 0 Å². The molecule has 0 aromatic heterocycles. The lowest BCUT2D eigenvalue weighted by atomic mass is 10.3. The van der Waals surface area contributed by atoms with Gasteiger partial charge in [0.2, 0.25) is 0 Å². The number of rotatable bonds is 8. The third kappa shape index (κ3) is 5.30. The number of hydrogen-bond acceptors (Lipinski definition) is 5. The van der Waals surface area contributed by atoms with Crippen LogP contribution in [0.2, 0.25) is 0 Å². The summed E-state index contributed by atoms with van der Waals surface area (Å²) in [4.78, 5) is 14.0. The highest BCUT2D eigenvalue weighted by Crippen LogP contribution is 2.21. The van der Waals surface area contributed by atoms with E-state index in [1.807, 2.05) is 0 Å². The van der Waals surface area contributed by atoms with E-state index in [9.17, 15) is 13.2 Å². The second-order valence-electron chi connectivity index (χ2n) is 6.39. The van der Waals surface area contributed by atoms with Crippen LogP contribution in [0.25, 0.3) is 0 Å². The smallest absolute Gasteiger partial charge is 0.264 e. The number of likely N-dealkylation sites (N-methyl/N-ethyl adjacent to an activating group) is 1. The van der Waals surface area contributed by atoms with Gasteiger partial charge in [0.25, 0.3) is 15.9 Å². The number of anilines is 2. The summed E-state index contributed by atoms with van der Waals surface area (Å²) in [5, 5.41) is 0. The molecule has 0 spiro atoms. The number of carbonyl (C=O) groups is 1. The molecule has 0 unspecified atom stereocenters. The molecule has 0 saturated carbocycles. The largest absolute Gasteiger partial charge is 0.497 e. The Bertz CT molecular complexity index is 1100. The van der Waals surface area contributed by atoms with Crippen LogP contribution in [0.4, 0.5) is 11.4 Å². The number of ether oxygens (including phenoxy) is 2. The number of para-hydroxylation sites is 1. The number of amides is 1. The third-order valence-electron chi connectivity index (χ3n) is 4.34. The van der Waals surface area contributed by atoms with Crippen molar-refractivity contribution in [1.82, 2.24) is 0 Å². The van der Waals surface area contributed by atoms with Crippen LogP contribution in [-0.4, -0.2) is 35.1 Å². The molecule has 0 fully saturated rings. The van der Waals surface area contributed by atoms with Gasteiger partial charge in [0, 0.05) is 24.5 Å². The lowest BCUT2D eigenvalue weighted by Gasteiger charge is -2.18. The maximum atomic E-state index is 12.5. The summed E-state index contributed by atoms with van der Waals surface area (Å²) >= 11 is 0. The summed E-state index contributed by atoms with van der Waals surface area (Å²) in [6.45, 7) is -0.192. The van der Waals surface area contributed by atoms with Crippen molar-refractivity contribution in [2.75, 3.05) is 30.4 Å². The molecule has 0 bridgehead atoms. The van der Waals surface area contributed by atoms with Crippen molar-refractivity contribution in [3.05, 3.63) is 78.9 Å². The quantitative estimate of drug-likeness (QED) is 0.596. The Hall–Kier alpha value is -3.52. The SMILES string of the molecule is COc1cccc(N(C)C(=O)COc2ccc(S(=O)(=O)Nc3ccccc3)cc2)c1. The molecule has 156 valence electrons. The Morgan fingerprint density at radius 1 is 0.933 bits per heavy atom. The molecule has 1 N–H and O–H groups in total. The van der Waals surface area contributed by atoms with Gasteiger partial charge in [-0.1, -0.05) is 24.3 Å². The summed E-state index contributed by atoms with van der Waals surface area (Å²) in [5.74, 6) is 0.778. The monoisotopic (exact) mass is 426 g/mol. The van der Waals surface area contributed by atoms with Crippen LogP contribution in [0, 0.1) is 0 Å². The molecule has 0 aliphatic rings. The summed E-state index contributed by atoms with van der Waals surface area (Å²) in [6.07, 6.45) is 0. The number of methoxy groups -OCH3 is 1. The number of benzene rings is 3. The molecule has 0 aliphatic heterocycles. The zero-order valence-electron chi connectivity index (χ0n) is 16.6. The number of nitrogens with zero attached hydrogens (tertiary/aromatic N) is 1. The maximum Gasteiger partial charge on any atom is 0.264 e. The van der Waals surface area contributed by atoms with Gasteiger partial charge >= 0.3 is 0 Å². The standard InChI is InChI=1S/C22H22N2O5S/c1-24(18-9-6-10-20(15-18)28-2)22(25)16-29-19-11-13-21(14-12-19)30(26,27)23-17-7-4-3-5-8-17/h3-15,23H,16H2,1-2H3. The van der Waals surface area contributed by atoms with Crippen LogP contribution in [0.15, 0.2) is 83.8 Å². The first-order valence-corrected chi connectivity index (χ1v) is 10.6. The van der Waals surface area contributed by atoms with E-state index in [1.165, 1.54) is 29.2 Å². The summed E-state index contributed by atoms with van der Waals surface area (Å²) in [7, 11) is -0.507. The van der Waals surface area contributed by atoms with Gasteiger partial charge in [-0.15, -0.1) is 0 Å². The normalized spacial score (nSPS) is 10.9. The highest BCUT2D eigenvalue weighted by molar-refractivity contribution is 7.92. The first-order valence-electron chi connectivity index (χ1n) is 9.10. The van der Waals surface area contributed by atoms with E-state index in [1.54, 1.807) is 68.8 Å². The van der Waals surface area contributed by atoms with E-state index in [2.05, 4.69) is 4.72 Å². The average Bonchev–Trinajstić information content (AvgIpc) is 2.77. The fraction of sp³-hybridized carbons (Fsp3) is 0.136. The van der Waals surface area contributed by atoms with Crippen molar-refractivity contribution in [3.63, 3.8) is 0 Å². The zero-order valence-corrected chi connectivity index (χ0v) is 17.4. The molecule has 3 rings (SSSR count). The van der Waals surface area contributed by atoms with Gasteiger partial charge in [-0.3, -0.25) is 9.52 Å². The van der Waals surface area contributed by atoms with Crippen molar-refractivity contribution in [1.29, 1.82) is 0 Å². The topological polar surface area (TPSA) is 84.9 Å². The first-order chi connectivity index (χ1) is 14.4. The van der Waals surface area contributed by atoms with Gasteiger partial charge in [0.1, 0.15) is 11.5 Å².